The number of carbonyl (C=O) groups is 1. The van der Waals surface area contributed by atoms with Crippen LogP contribution in [0.3, 0.4) is 0 Å². The van der Waals surface area contributed by atoms with Gasteiger partial charge in [0.1, 0.15) is 11.3 Å². The van der Waals surface area contributed by atoms with E-state index in [9.17, 15) is 9.59 Å². The second kappa shape index (κ2) is 8.05. The van der Waals surface area contributed by atoms with E-state index >= 15 is 0 Å². The van der Waals surface area contributed by atoms with Gasteiger partial charge < -0.3 is 9.15 Å². The van der Waals surface area contributed by atoms with Gasteiger partial charge in [0.2, 0.25) is 0 Å². The third-order valence-electron chi connectivity index (χ3n) is 3.88. The van der Waals surface area contributed by atoms with Crippen molar-refractivity contribution in [1.29, 1.82) is 0 Å². The Bertz CT molecular complexity index is 1090. The fraction of sp³-hybridized carbons (Fsp3) is 0.150. The molecule has 0 spiro atoms. The van der Waals surface area contributed by atoms with Gasteiger partial charge in [-0.05, 0) is 49.7 Å². The maximum atomic E-state index is 12.1. The van der Waals surface area contributed by atoms with Gasteiger partial charge in [-0.15, -0.1) is 0 Å². The molecule has 1 heterocycles. The Morgan fingerprint density at radius 2 is 2.00 bits per heavy atom. The monoisotopic (exact) mass is 384 g/mol. The van der Waals surface area contributed by atoms with Gasteiger partial charge >= 0.3 is 5.63 Å². The highest BCUT2D eigenvalue weighted by molar-refractivity contribution is 6.30. The first kappa shape index (κ1) is 18.7. The molecular formula is C20H17ClN2O4. The molecule has 0 fully saturated rings. The summed E-state index contributed by atoms with van der Waals surface area (Å²) >= 11 is 5.89. The number of benzene rings is 2. The lowest BCUT2D eigenvalue weighted by molar-refractivity contribution is -0.123. The van der Waals surface area contributed by atoms with Crippen molar-refractivity contribution in [3.8, 4) is 5.75 Å². The Kier molecular flexibility index (Phi) is 5.57. The summed E-state index contributed by atoms with van der Waals surface area (Å²) in [6.45, 7) is 3.23. The second-order valence-corrected chi connectivity index (χ2v) is 6.35. The quantitative estimate of drug-likeness (QED) is 0.413. The Hall–Kier alpha value is -3.12. The zero-order valence-electron chi connectivity index (χ0n) is 14.8. The summed E-state index contributed by atoms with van der Waals surface area (Å²) in [5.74, 6) is 0.110. The molecule has 27 heavy (non-hydrogen) atoms. The molecular weight excluding hydrogens is 368 g/mol. The van der Waals surface area contributed by atoms with Crippen LogP contribution in [0.2, 0.25) is 5.02 Å². The molecule has 0 aliphatic rings. The molecule has 0 aliphatic heterocycles. The zero-order chi connectivity index (χ0) is 19.4. The second-order valence-electron chi connectivity index (χ2n) is 5.92. The Labute approximate surface area is 160 Å². The van der Waals surface area contributed by atoms with Crippen LogP contribution in [0.1, 0.15) is 18.1 Å². The topological polar surface area (TPSA) is 80.9 Å². The molecule has 1 aromatic heterocycles. The van der Waals surface area contributed by atoms with E-state index in [4.69, 9.17) is 20.8 Å². The first-order chi connectivity index (χ1) is 12.9. The van der Waals surface area contributed by atoms with Crippen molar-refractivity contribution in [2.75, 3.05) is 6.61 Å². The molecule has 1 N–H and O–H groups in total. The molecule has 0 unspecified atom stereocenters. The van der Waals surface area contributed by atoms with Gasteiger partial charge in [-0.1, -0.05) is 29.8 Å². The van der Waals surface area contributed by atoms with E-state index in [0.29, 0.717) is 22.1 Å². The van der Waals surface area contributed by atoms with Crippen LogP contribution in [0.25, 0.3) is 11.0 Å². The fourth-order valence-corrected chi connectivity index (χ4v) is 2.70. The summed E-state index contributed by atoms with van der Waals surface area (Å²) in [6.07, 6.45) is 0. The summed E-state index contributed by atoms with van der Waals surface area (Å²) in [7, 11) is 0. The smallest absolute Gasteiger partial charge is 0.345 e. The summed E-state index contributed by atoms with van der Waals surface area (Å²) in [6, 6.07) is 14.0. The predicted molar refractivity (Wildman–Crippen MR) is 105 cm³/mol. The van der Waals surface area contributed by atoms with Gasteiger partial charge in [0.15, 0.2) is 6.61 Å². The molecule has 0 atom stereocenters. The van der Waals surface area contributed by atoms with Crippen LogP contribution in [0.4, 0.5) is 0 Å². The zero-order valence-corrected chi connectivity index (χ0v) is 15.5. The van der Waals surface area contributed by atoms with Crippen molar-refractivity contribution >= 4 is 34.2 Å². The molecule has 0 aliphatic carbocycles. The minimum absolute atomic E-state index is 0.217. The number of para-hydroxylation sites is 1. The van der Waals surface area contributed by atoms with Crippen LogP contribution in [0, 0.1) is 6.92 Å². The van der Waals surface area contributed by atoms with Gasteiger partial charge in [-0.3, -0.25) is 4.79 Å². The lowest BCUT2D eigenvalue weighted by Crippen LogP contribution is -2.26. The number of hydrazone groups is 1. The summed E-state index contributed by atoms with van der Waals surface area (Å²) in [5.41, 5.74) is 3.80. The van der Waals surface area contributed by atoms with Crippen molar-refractivity contribution in [2.24, 2.45) is 5.10 Å². The Morgan fingerprint density at radius 1 is 1.22 bits per heavy atom. The lowest BCUT2D eigenvalue weighted by Gasteiger charge is -2.08. The minimum atomic E-state index is -0.516. The number of rotatable bonds is 5. The number of halogens is 1. The van der Waals surface area contributed by atoms with Gasteiger partial charge in [-0.25, -0.2) is 10.2 Å². The average molecular weight is 385 g/mol. The van der Waals surface area contributed by atoms with Crippen LogP contribution < -0.4 is 15.8 Å². The summed E-state index contributed by atoms with van der Waals surface area (Å²) < 4.78 is 10.7. The number of carbonyl (C=O) groups excluding carboxylic acids is 1. The molecule has 7 heteroatoms. The van der Waals surface area contributed by atoms with E-state index in [1.165, 1.54) is 0 Å². The number of nitrogens with one attached hydrogen (secondary N) is 1. The van der Waals surface area contributed by atoms with Gasteiger partial charge in [-0.2, -0.15) is 5.10 Å². The first-order valence-electron chi connectivity index (χ1n) is 8.19. The van der Waals surface area contributed by atoms with Crippen molar-refractivity contribution in [3.63, 3.8) is 0 Å². The molecule has 0 bridgehead atoms. The normalized spacial score (nSPS) is 11.4. The molecule has 2 aromatic carbocycles. The fourth-order valence-electron chi connectivity index (χ4n) is 2.47. The number of ether oxygens (including phenoxy) is 1. The lowest BCUT2D eigenvalue weighted by atomic mass is 10.1. The Balaban J connectivity index is 1.67. The Morgan fingerprint density at radius 3 is 2.78 bits per heavy atom. The third-order valence-corrected chi connectivity index (χ3v) is 4.11. The van der Waals surface area contributed by atoms with Crippen molar-refractivity contribution in [2.45, 2.75) is 13.8 Å². The highest BCUT2D eigenvalue weighted by atomic mass is 35.5. The summed E-state index contributed by atoms with van der Waals surface area (Å²) in [4.78, 5) is 24.1. The van der Waals surface area contributed by atoms with E-state index < -0.39 is 11.5 Å². The number of aryl methyl sites for hydroxylation is 1. The standard InChI is InChI=1S/C20H17ClN2O4/c1-12-9-15(21)7-8-17(12)26-11-19(24)23-22-13(2)16-10-14-5-3-4-6-18(14)27-20(16)25/h3-10H,11H2,1-2H3,(H,23,24)/b22-13-. The number of hydrogen-bond donors (Lipinski definition) is 1. The highest BCUT2D eigenvalue weighted by Gasteiger charge is 2.09. The van der Waals surface area contributed by atoms with E-state index in [1.807, 2.05) is 19.1 Å². The van der Waals surface area contributed by atoms with Gasteiger partial charge in [0.05, 0.1) is 11.3 Å². The van der Waals surface area contributed by atoms with Crippen LogP contribution in [-0.2, 0) is 4.79 Å². The molecule has 3 aromatic rings. The number of amides is 1. The van der Waals surface area contributed by atoms with Crippen LogP contribution in [-0.4, -0.2) is 18.2 Å². The SMILES string of the molecule is C/C(=N/NC(=O)COc1ccc(Cl)cc1C)c1cc2ccccc2oc1=O. The van der Waals surface area contributed by atoms with E-state index in [1.54, 1.807) is 43.3 Å². The van der Waals surface area contributed by atoms with E-state index in [0.717, 1.165) is 10.9 Å². The van der Waals surface area contributed by atoms with Gasteiger partial charge in [0, 0.05) is 10.4 Å². The maximum absolute atomic E-state index is 12.1. The number of fused-ring (bicyclic) bond motifs is 1. The predicted octanol–water partition coefficient (Wildman–Crippen LogP) is 3.67. The van der Waals surface area contributed by atoms with E-state index in [2.05, 4.69) is 10.5 Å². The molecule has 6 nitrogen and oxygen atoms in total. The van der Waals surface area contributed by atoms with Crippen LogP contribution in [0.5, 0.6) is 5.75 Å². The molecule has 0 radical (unpaired) electrons. The van der Waals surface area contributed by atoms with Crippen molar-refractivity contribution in [3.05, 3.63) is 75.1 Å². The summed E-state index contributed by atoms with van der Waals surface area (Å²) in [5, 5.41) is 5.34. The largest absolute Gasteiger partial charge is 0.483 e. The molecule has 1 amide bonds. The van der Waals surface area contributed by atoms with Crippen LogP contribution >= 0.6 is 11.6 Å². The number of hydrogen-bond acceptors (Lipinski definition) is 5. The molecule has 0 saturated heterocycles. The molecule has 138 valence electrons. The third kappa shape index (κ3) is 4.54. The van der Waals surface area contributed by atoms with Crippen LogP contribution in [0.15, 0.2) is 62.8 Å². The molecule has 0 saturated carbocycles. The van der Waals surface area contributed by atoms with Crippen molar-refractivity contribution < 1.29 is 13.9 Å². The van der Waals surface area contributed by atoms with E-state index in [-0.39, 0.29) is 12.2 Å². The first-order valence-corrected chi connectivity index (χ1v) is 8.57. The minimum Gasteiger partial charge on any atom is -0.483 e. The number of nitrogens with zero attached hydrogens (tertiary/aromatic N) is 1. The molecule has 3 rings (SSSR count). The maximum Gasteiger partial charge on any atom is 0.345 e. The van der Waals surface area contributed by atoms with Crippen molar-refractivity contribution in [1.82, 2.24) is 5.43 Å². The average Bonchev–Trinajstić information content (AvgIpc) is 2.64. The van der Waals surface area contributed by atoms with Gasteiger partial charge in [0.25, 0.3) is 5.91 Å². The highest BCUT2D eigenvalue weighted by Crippen LogP contribution is 2.21.